The van der Waals surface area contributed by atoms with Gasteiger partial charge in [-0.15, -0.1) is 0 Å². The second-order valence-corrected chi connectivity index (χ2v) is 5.54. The molecule has 0 atom stereocenters. The van der Waals surface area contributed by atoms with Crippen LogP contribution in [0.1, 0.15) is 6.92 Å². The number of benzene rings is 2. The quantitative estimate of drug-likeness (QED) is 0.296. The highest BCUT2D eigenvalue weighted by molar-refractivity contribution is 6.18. The zero-order chi connectivity index (χ0) is 20.7. The number of rotatable bonds is 7. The Morgan fingerprint density at radius 2 is 1.86 bits per heavy atom. The number of aliphatic hydroxyl groups excluding tert-OH is 1. The monoisotopic (exact) mass is 396 g/mol. The van der Waals surface area contributed by atoms with Crippen molar-refractivity contribution in [2.75, 3.05) is 5.32 Å². The van der Waals surface area contributed by atoms with Gasteiger partial charge in [0, 0.05) is 18.0 Å². The van der Waals surface area contributed by atoms with Gasteiger partial charge < -0.3 is 15.2 Å². The van der Waals surface area contributed by atoms with E-state index in [1.807, 2.05) is 0 Å². The highest BCUT2D eigenvalue weighted by Gasteiger charge is 2.43. The van der Waals surface area contributed by atoms with E-state index in [9.17, 15) is 27.5 Å². The molecule has 0 fully saturated rings. The molecular formula is C19H16F4N2O3. The summed E-state index contributed by atoms with van der Waals surface area (Å²) in [4.78, 5) is 16.2. The normalized spacial score (nSPS) is 12.8. The van der Waals surface area contributed by atoms with Crippen LogP contribution in [0.3, 0.4) is 0 Å². The largest absolute Gasteiger partial charge is 0.512 e. The molecule has 1 amide bonds. The molecule has 9 heteroatoms. The third kappa shape index (κ3) is 5.83. The number of allylic oxidation sites excluding steroid dienone is 1. The summed E-state index contributed by atoms with van der Waals surface area (Å²) in [7, 11) is 0. The number of para-hydroxylation sites is 1. The summed E-state index contributed by atoms with van der Waals surface area (Å²) in [5.41, 5.74) is 0.367. The van der Waals surface area contributed by atoms with Gasteiger partial charge in [-0.05, 0) is 31.2 Å². The maximum Gasteiger partial charge on any atom is 0.461 e. The fourth-order valence-corrected chi connectivity index (χ4v) is 2.00. The minimum atomic E-state index is -4.65. The minimum absolute atomic E-state index is 0.0498. The van der Waals surface area contributed by atoms with Gasteiger partial charge in [0.25, 0.3) is 5.91 Å². The van der Waals surface area contributed by atoms with Gasteiger partial charge in [-0.1, -0.05) is 24.3 Å². The molecule has 2 rings (SSSR count). The number of alkyl halides is 4. The third-order valence-electron chi connectivity index (χ3n) is 3.33. The Balaban J connectivity index is 2.17. The van der Waals surface area contributed by atoms with Crippen LogP contribution in [0.15, 0.2) is 70.9 Å². The van der Waals surface area contributed by atoms with Crippen LogP contribution in [-0.4, -0.2) is 29.8 Å². The van der Waals surface area contributed by atoms with E-state index in [0.29, 0.717) is 5.69 Å². The molecule has 0 saturated carbocycles. The Bertz CT molecular complexity index is 880. The molecular weight excluding hydrogens is 380 g/mol. The highest BCUT2D eigenvalue weighted by atomic mass is 19.3. The SMILES string of the molecule is C/C(O)=C(/C=Nc1cccc(OC(F)(F)C(F)F)c1)C(=O)Nc1ccccc1. The Hall–Kier alpha value is -3.36. The van der Waals surface area contributed by atoms with Gasteiger partial charge >= 0.3 is 12.5 Å². The molecule has 0 aliphatic rings. The number of ether oxygens (including phenoxy) is 1. The molecule has 2 N–H and O–H groups in total. The molecule has 0 radical (unpaired) electrons. The second kappa shape index (κ2) is 9.03. The van der Waals surface area contributed by atoms with Crippen LogP contribution in [0.25, 0.3) is 0 Å². The molecule has 2 aromatic carbocycles. The Morgan fingerprint density at radius 3 is 2.46 bits per heavy atom. The molecule has 0 saturated heterocycles. The number of hydrogen-bond acceptors (Lipinski definition) is 4. The number of aliphatic hydroxyl groups is 1. The molecule has 0 aliphatic heterocycles. The van der Waals surface area contributed by atoms with E-state index in [1.165, 1.54) is 19.1 Å². The molecule has 0 aliphatic carbocycles. The van der Waals surface area contributed by atoms with E-state index >= 15 is 0 Å². The van der Waals surface area contributed by atoms with E-state index in [0.717, 1.165) is 18.3 Å². The Labute approximate surface area is 158 Å². The Morgan fingerprint density at radius 1 is 1.18 bits per heavy atom. The van der Waals surface area contributed by atoms with E-state index in [4.69, 9.17) is 0 Å². The van der Waals surface area contributed by atoms with Crippen molar-refractivity contribution in [2.45, 2.75) is 19.5 Å². The third-order valence-corrected chi connectivity index (χ3v) is 3.33. The van der Waals surface area contributed by atoms with E-state index in [2.05, 4.69) is 15.0 Å². The number of aliphatic imine (C=N–C) groups is 1. The van der Waals surface area contributed by atoms with Gasteiger partial charge in [0.05, 0.1) is 11.3 Å². The number of hydrogen-bond donors (Lipinski definition) is 2. The predicted octanol–water partition coefficient (Wildman–Crippen LogP) is 5.10. The molecule has 0 unspecified atom stereocenters. The lowest BCUT2D eigenvalue weighted by Gasteiger charge is -2.16. The average molecular weight is 396 g/mol. The van der Waals surface area contributed by atoms with Crippen LogP contribution in [0.4, 0.5) is 28.9 Å². The van der Waals surface area contributed by atoms with Crippen LogP contribution >= 0.6 is 0 Å². The summed E-state index contributed by atoms with van der Waals surface area (Å²) in [6.45, 7) is 1.27. The van der Waals surface area contributed by atoms with Crippen LogP contribution in [-0.2, 0) is 4.79 Å². The number of halogens is 4. The number of amides is 1. The lowest BCUT2D eigenvalue weighted by molar-refractivity contribution is -0.253. The number of anilines is 1. The highest BCUT2D eigenvalue weighted by Crippen LogP contribution is 2.29. The zero-order valence-electron chi connectivity index (χ0n) is 14.6. The molecule has 2 aromatic rings. The van der Waals surface area contributed by atoms with Gasteiger partial charge in [-0.3, -0.25) is 9.79 Å². The summed E-state index contributed by atoms with van der Waals surface area (Å²) < 4.78 is 54.4. The maximum atomic E-state index is 13.0. The molecule has 5 nitrogen and oxygen atoms in total. The molecule has 0 heterocycles. The number of nitrogens with zero attached hydrogens (tertiary/aromatic N) is 1. The maximum absolute atomic E-state index is 13.0. The zero-order valence-corrected chi connectivity index (χ0v) is 14.6. The topological polar surface area (TPSA) is 70.9 Å². The van der Waals surface area contributed by atoms with E-state index in [1.54, 1.807) is 30.3 Å². The van der Waals surface area contributed by atoms with Crippen LogP contribution in [0.5, 0.6) is 5.75 Å². The molecule has 0 bridgehead atoms. The van der Waals surface area contributed by atoms with E-state index < -0.39 is 24.2 Å². The van der Waals surface area contributed by atoms with Crippen LogP contribution in [0.2, 0.25) is 0 Å². The number of carbonyl (C=O) groups is 1. The standard InChI is InChI=1S/C19H16F4N2O3/c1-12(26)16(17(27)25-13-6-3-2-4-7-13)11-24-14-8-5-9-15(10-14)28-19(22,23)18(20)21/h2-11,18,26H,1H3,(H,25,27)/b16-12+,24-11?. The van der Waals surface area contributed by atoms with Crippen LogP contribution < -0.4 is 10.1 Å². The molecule has 28 heavy (non-hydrogen) atoms. The summed E-state index contributed by atoms with van der Waals surface area (Å²) in [5, 5.41) is 12.3. The fraction of sp³-hybridized carbons (Fsp3) is 0.158. The van der Waals surface area contributed by atoms with Gasteiger partial charge in [0.1, 0.15) is 11.5 Å². The first-order valence-corrected chi connectivity index (χ1v) is 7.94. The van der Waals surface area contributed by atoms with Gasteiger partial charge in [-0.2, -0.15) is 17.6 Å². The fourth-order valence-electron chi connectivity index (χ4n) is 2.00. The first-order chi connectivity index (χ1) is 13.2. The van der Waals surface area contributed by atoms with Crippen molar-refractivity contribution < 1.29 is 32.2 Å². The number of carbonyl (C=O) groups excluding carboxylic acids is 1. The first kappa shape index (κ1) is 20.9. The van der Waals surface area contributed by atoms with Gasteiger partial charge in [-0.25, -0.2) is 0 Å². The van der Waals surface area contributed by atoms with Crippen LogP contribution in [0, 0.1) is 0 Å². The van der Waals surface area contributed by atoms with Gasteiger partial charge in [0.15, 0.2) is 0 Å². The Kier molecular flexibility index (Phi) is 6.75. The summed E-state index contributed by atoms with van der Waals surface area (Å²) in [6.07, 6.45) is -7.62. The summed E-state index contributed by atoms with van der Waals surface area (Å²) >= 11 is 0. The van der Waals surface area contributed by atoms with Crippen molar-refractivity contribution in [1.29, 1.82) is 0 Å². The summed E-state index contributed by atoms with van der Waals surface area (Å²) in [6, 6.07) is 13.2. The molecule has 148 valence electrons. The van der Waals surface area contributed by atoms with Crippen molar-refractivity contribution in [3.63, 3.8) is 0 Å². The molecule has 0 aromatic heterocycles. The average Bonchev–Trinajstić information content (AvgIpc) is 2.62. The first-order valence-electron chi connectivity index (χ1n) is 7.94. The predicted molar refractivity (Wildman–Crippen MR) is 96.6 cm³/mol. The lowest BCUT2D eigenvalue weighted by Crippen LogP contribution is -2.33. The smallest absolute Gasteiger partial charge is 0.461 e. The van der Waals surface area contributed by atoms with Gasteiger partial charge in [0.2, 0.25) is 0 Å². The van der Waals surface area contributed by atoms with Crippen molar-refractivity contribution in [2.24, 2.45) is 4.99 Å². The van der Waals surface area contributed by atoms with Crippen molar-refractivity contribution in [3.05, 3.63) is 65.9 Å². The minimum Gasteiger partial charge on any atom is -0.512 e. The second-order valence-electron chi connectivity index (χ2n) is 5.54. The summed E-state index contributed by atoms with van der Waals surface area (Å²) in [5.74, 6) is -1.50. The number of nitrogens with one attached hydrogen (secondary N) is 1. The molecule has 0 spiro atoms. The van der Waals surface area contributed by atoms with Crippen molar-refractivity contribution in [3.8, 4) is 5.75 Å². The lowest BCUT2D eigenvalue weighted by atomic mass is 10.2. The van der Waals surface area contributed by atoms with Crippen molar-refractivity contribution in [1.82, 2.24) is 0 Å². The van der Waals surface area contributed by atoms with E-state index in [-0.39, 0.29) is 17.0 Å². The van der Waals surface area contributed by atoms with Crippen molar-refractivity contribution >= 4 is 23.5 Å².